The lowest BCUT2D eigenvalue weighted by Gasteiger charge is -2.18. The zero-order valence-corrected chi connectivity index (χ0v) is 16.5. The molecule has 1 aliphatic heterocycles. The lowest BCUT2D eigenvalue weighted by molar-refractivity contribution is -0.149. The van der Waals surface area contributed by atoms with E-state index in [1.165, 1.54) is 19.1 Å². The highest BCUT2D eigenvalue weighted by Gasteiger charge is 2.27. The Morgan fingerprint density at radius 2 is 1.82 bits per heavy atom. The fourth-order valence-corrected chi connectivity index (χ4v) is 4.19. The highest BCUT2D eigenvalue weighted by atomic mass is 32.2. The smallest absolute Gasteiger partial charge is 0.324 e. The highest BCUT2D eigenvalue weighted by molar-refractivity contribution is 7.89. The molecule has 1 amide bonds. The number of fused-ring (bicyclic) bond motifs is 1. The van der Waals surface area contributed by atoms with Gasteiger partial charge in [0.2, 0.25) is 10.0 Å². The number of benzene rings is 2. The van der Waals surface area contributed by atoms with Crippen LogP contribution in [0, 0.1) is 6.92 Å². The molecule has 28 heavy (non-hydrogen) atoms. The van der Waals surface area contributed by atoms with Gasteiger partial charge in [0.1, 0.15) is 6.04 Å². The first-order valence-corrected chi connectivity index (χ1v) is 10.4. The summed E-state index contributed by atoms with van der Waals surface area (Å²) in [5.74, 6) is -1.15. The molecule has 8 heteroatoms. The molecular formula is C20H22N2O5S. The lowest BCUT2D eigenvalue weighted by Crippen LogP contribution is -2.41. The predicted molar refractivity (Wildman–Crippen MR) is 104 cm³/mol. The van der Waals surface area contributed by atoms with Crippen molar-refractivity contribution in [1.82, 2.24) is 4.72 Å². The summed E-state index contributed by atoms with van der Waals surface area (Å²) in [6.45, 7) is 3.32. The van der Waals surface area contributed by atoms with E-state index in [-0.39, 0.29) is 10.8 Å². The van der Waals surface area contributed by atoms with E-state index in [4.69, 9.17) is 4.74 Å². The topological polar surface area (TPSA) is 92.8 Å². The van der Waals surface area contributed by atoms with E-state index in [0.29, 0.717) is 6.54 Å². The van der Waals surface area contributed by atoms with Crippen molar-refractivity contribution < 1.29 is 22.7 Å². The first-order valence-electron chi connectivity index (χ1n) is 8.92. The van der Waals surface area contributed by atoms with Gasteiger partial charge in [-0.3, -0.25) is 9.59 Å². The van der Waals surface area contributed by atoms with E-state index < -0.39 is 28.6 Å². The standard InChI is InChI=1S/C20H22N2O5S/c1-14-7-9-17(10-8-14)28(25,26)21-15(2)20(24)27-13-19(23)22-12-11-16-5-3-4-6-18(16)22/h3-10,15,21H,11-13H2,1-2H3/t15-/m0/s1. The number of aryl methyl sites for hydroxylation is 1. The summed E-state index contributed by atoms with van der Waals surface area (Å²) in [7, 11) is -3.86. The van der Waals surface area contributed by atoms with Gasteiger partial charge in [-0.05, 0) is 44.0 Å². The number of sulfonamides is 1. The number of carbonyl (C=O) groups excluding carboxylic acids is 2. The summed E-state index contributed by atoms with van der Waals surface area (Å²) in [5, 5.41) is 0. The fraction of sp³-hybridized carbons (Fsp3) is 0.300. The number of anilines is 1. The lowest BCUT2D eigenvalue weighted by atomic mass is 10.2. The molecule has 0 bridgehead atoms. The number of para-hydroxylation sites is 1. The van der Waals surface area contributed by atoms with Gasteiger partial charge in [-0.15, -0.1) is 0 Å². The van der Waals surface area contributed by atoms with E-state index in [1.54, 1.807) is 17.0 Å². The molecule has 7 nitrogen and oxygen atoms in total. The number of esters is 1. The van der Waals surface area contributed by atoms with Crippen LogP contribution in [0.2, 0.25) is 0 Å². The van der Waals surface area contributed by atoms with Crippen LogP contribution in [0.3, 0.4) is 0 Å². The van der Waals surface area contributed by atoms with Gasteiger partial charge in [0.15, 0.2) is 6.61 Å². The summed E-state index contributed by atoms with van der Waals surface area (Å²) in [4.78, 5) is 26.2. The summed E-state index contributed by atoms with van der Waals surface area (Å²) >= 11 is 0. The second-order valence-corrected chi connectivity index (χ2v) is 8.40. The molecule has 2 aromatic rings. The molecule has 0 saturated carbocycles. The monoisotopic (exact) mass is 402 g/mol. The van der Waals surface area contributed by atoms with Crippen molar-refractivity contribution >= 4 is 27.6 Å². The molecule has 2 aromatic carbocycles. The Kier molecular flexibility index (Phi) is 5.81. The van der Waals surface area contributed by atoms with Gasteiger partial charge in [0.25, 0.3) is 5.91 Å². The average molecular weight is 402 g/mol. The summed E-state index contributed by atoms with van der Waals surface area (Å²) in [5.41, 5.74) is 2.81. The quantitative estimate of drug-likeness (QED) is 0.744. The maximum absolute atomic E-state index is 12.4. The van der Waals surface area contributed by atoms with E-state index in [0.717, 1.165) is 23.2 Å². The number of carbonyl (C=O) groups is 2. The van der Waals surface area contributed by atoms with Gasteiger partial charge >= 0.3 is 5.97 Å². The van der Waals surface area contributed by atoms with Crippen LogP contribution in [-0.2, 0) is 30.8 Å². The van der Waals surface area contributed by atoms with Gasteiger partial charge in [0, 0.05) is 12.2 Å². The number of rotatable bonds is 6. The van der Waals surface area contributed by atoms with Gasteiger partial charge in [-0.25, -0.2) is 8.42 Å². The zero-order chi connectivity index (χ0) is 20.3. The second-order valence-electron chi connectivity index (χ2n) is 6.69. The molecule has 0 spiro atoms. The Labute approximate surface area is 164 Å². The van der Waals surface area contributed by atoms with Crippen molar-refractivity contribution in [3.8, 4) is 0 Å². The molecular weight excluding hydrogens is 380 g/mol. The van der Waals surface area contributed by atoms with Crippen molar-refractivity contribution in [2.75, 3.05) is 18.1 Å². The molecule has 3 rings (SSSR count). The molecule has 0 saturated heterocycles. The Morgan fingerprint density at radius 3 is 2.54 bits per heavy atom. The number of ether oxygens (including phenoxy) is 1. The highest BCUT2D eigenvalue weighted by Crippen LogP contribution is 2.27. The molecule has 1 heterocycles. The Hall–Kier alpha value is -2.71. The largest absolute Gasteiger partial charge is 0.454 e. The van der Waals surface area contributed by atoms with Crippen molar-refractivity contribution in [3.05, 3.63) is 59.7 Å². The number of hydrogen-bond acceptors (Lipinski definition) is 5. The van der Waals surface area contributed by atoms with Crippen LogP contribution in [0.1, 0.15) is 18.1 Å². The van der Waals surface area contributed by atoms with Gasteiger partial charge < -0.3 is 9.64 Å². The van der Waals surface area contributed by atoms with Crippen LogP contribution >= 0.6 is 0 Å². The second kappa shape index (κ2) is 8.12. The normalized spacial score (nSPS) is 14.4. The van der Waals surface area contributed by atoms with Crippen molar-refractivity contribution in [2.45, 2.75) is 31.2 Å². The third-order valence-electron chi connectivity index (χ3n) is 4.54. The summed E-state index contributed by atoms with van der Waals surface area (Å²) in [6, 6.07) is 12.7. The maximum Gasteiger partial charge on any atom is 0.324 e. The third-order valence-corrected chi connectivity index (χ3v) is 6.10. The fourth-order valence-electron chi connectivity index (χ4n) is 3.00. The molecule has 1 aliphatic rings. The molecule has 148 valence electrons. The Balaban J connectivity index is 1.56. The minimum absolute atomic E-state index is 0.0579. The number of nitrogens with one attached hydrogen (secondary N) is 1. The van der Waals surface area contributed by atoms with E-state index in [2.05, 4.69) is 4.72 Å². The number of hydrogen-bond donors (Lipinski definition) is 1. The summed E-state index contributed by atoms with van der Waals surface area (Å²) in [6.07, 6.45) is 0.753. The van der Waals surface area contributed by atoms with E-state index in [1.807, 2.05) is 31.2 Å². The van der Waals surface area contributed by atoms with E-state index >= 15 is 0 Å². The van der Waals surface area contributed by atoms with Gasteiger partial charge in [-0.2, -0.15) is 4.72 Å². The number of amides is 1. The molecule has 0 unspecified atom stereocenters. The Bertz CT molecular complexity index is 986. The van der Waals surface area contributed by atoms with Crippen LogP contribution in [0.5, 0.6) is 0 Å². The predicted octanol–water partition coefficient (Wildman–Crippen LogP) is 1.79. The zero-order valence-electron chi connectivity index (χ0n) is 15.7. The van der Waals surface area contributed by atoms with Crippen LogP contribution < -0.4 is 9.62 Å². The Morgan fingerprint density at radius 1 is 1.14 bits per heavy atom. The van der Waals surface area contributed by atoms with Crippen molar-refractivity contribution in [1.29, 1.82) is 0 Å². The molecule has 0 radical (unpaired) electrons. The first-order chi connectivity index (χ1) is 13.3. The minimum Gasteiger partial charge on any atom is -0.454 e. The molecule has 0 aliphatic carbocycles. The maximum atomic E-state index is 12.4. The van der Waals surface area contributed by atoms with Gasteiger partial charge in [-0.1, -0.05) is 35.9 Å². The molecule has 0 fully saturated rings. The van der Waals surface area contributed by atoms with Crippen molar-refractivity contribution in [2.24, 2.45) is 0 Å². The van der Waals surface area contributed by atoms with E-state index in [9.17, 15) is 18.0 Å². The van der Waals surface area contributed by atoms with Gasteiger partial charge in [0.05, 0.1) is 4.90 Å². The molecule has 1 atom stereocenters. The van der Waals surface area contributed by atoms with Crippen LogP contribution in [-0.4, -0.2) is 39.5 Å². The van der Waals surface area contributed by atoms with Crippen LogP contribution in [0.15, 0.2) is 53.4 Å². The minimum atomic E-state index is -3.86. The first kappa shape index (κ1) is 20.0. The van der Waals surface area contributed by atoms with Crippen LogP contribution in [0.25, 0.3) is 0 Å². The SMILES string of the molecule is Cc1ccc(S(=O)(=O)N[C@@H](C)C(=O)OCC(=O)N2CCc3ccccc32)cc1. The van der Waals surface area contributed by atoms with Crippen molar-refractivity contribution in [3.63, 3.8) is 0 Å². The molecule has 0 aromatic heterocycles. The average Bonchev–Trinajstić information content (AvgIpc) is 3.10. The van der Waals surface area contributed by atoms with Crippen LogP contribution in [0.4, 0.5) is 5.69 Å². The molecule has 1 N–H and O–H groups in total. The summed E-state index contributed by atoms with van der Waals surface area (Å²) < 4.78 is 32.0. The number of nitrogens with zero attached hydrogens (tertiary/aromatic N) is 1. The third kappa shape index (κ3) is 4.40.